The van der Waals surface area contributed by atoms with Crippen molar-refractivity contribution in [1.82, 2.24) is 10.2 Å². The first kappa shape index (κ1) is 13.1. The van der Waals surface area contributed by atoms with Gasteiger partial charge in [-0.2, -0.15) is 0 Å². The van der Waals surface area contributed by atoms with Crippen LogP contribution in [0.15, 0.2) is 24.3 Å². The van der Waals surface area contributed by atoms with Crippen LogP contribution in [0.5, 0.6) is 0 Å². The second-order valence-corrected chi connectivity index (χ2v) is 4.94. The molecule has 1 fully saturated rings. The Kier molecular flexibility index (Phi) is 3.99. The number of aryl methyl sites for hydroxylation is 1. The van der Waals surface area contributed by atoms with Crippen molar-refractivity contribution in [2.45, 2.75) is 25.9 Å². The van der Waals surface area contributed by atoms with Gasteiger partial charge in [-0.15, -0.1) is 0 Å². The molecule has 0 amide bonds. The minimum absolute atomic E-state index is 0.237. The Morgan fingerprint density at radius 2 is 2.11 bits per heavy atom. The van der Waals surface area contributed by atoms with Gasteiger partial charge in [0.2, 0.25) is 0 Å². The number of benzene rings is 1. The molecule has 1 aliphatic heterocycles. The van der Waals surface area contributed by atoms with E-state index in [0.29, 0.717) is 0 Å². The lowest BCUT2D eigenvalue weighted by atomic mass is 10.0. The zero-order valence-corrected chi connectivity index (χ0v) is 10.9. The first-order valence-electron chi connectivity index (χ1n) is 6.35. The summed E-state index contributed by atoms with van der Waals surface area (Å²) < 4.78 is 0. The summed E-state index contributed by atoms with van der Waals surface area (Å²) in [4.78, 5) is 13.6. The fourth-order valence-corrected chi connectivity index (χ4v) is 2.46. The van der Waals surface area contributed by atoms with Crippen LogP contribution in [0.4, 0.5) is 0 Å². The number of carbonyl (C=O) groups is 1. The van der Waals surface area contributed by atoms with Crippen LogP contribution >= 0.6 is 0 Å². The zero-order valence-electron chi connectivity index (χ0n) is 10.9. The summed E-state index contributed by atoms with van der Waals surface area (Å²) in [7, 11) is 0. The summed E-state index contributed by atoms with van der Waals surface area (Å²) in [5.74, 6) is -0.771. The van der Waals surface area contributed by atoms with Gasteiger partial charge in [0, 0.05) is 25.7 Å². The van der Waals surface area contributed by atoms with Gasteiger partial charge in [0.1, 0.15) is 6.04 Å². The Morgan fingerprint density at radius 1 is 1.44 bits per heavy atom. The minimum atomic E-state index is -0.771. The molecule has 4 nitrogen and oxygen atoms in total. The molecule has 2 unspecified atom stereocenters. The van der Waals surface area contributed by atoms with Crippen molar-refractivity contribution >= 4 is 5.97 Å². The normalized spacial score (nSPS) is 22.7. The number of rotatable bonds is 3. The average Bonchev–Trinajstić information content (AvgIpc) is 2.34. The number of piperazine rings is 1. The van der Waals surface area contributed by atoms with Crippen molar-refractivity contribution in [1.29, 1.82) is 0 Å². The predicted molar refractivity (Wildman–Crippen MR) is 70.6 cm³/mol. The van der Waals surface area contributed by atoms with Crippen molar-refractivity contribution in [3.05, 3.63) is 35.4 Å². The molecule has 1 heterocycles. The highest BCUT2D eigenvalue weighted by Crippen LogP contribution is 2.24. The largest absolute Gasteiger partial charge is 0.480 e. The molecule has 1 aromatic carbocycles. The van der Waals surface area contributed by atoms with E-state index in [4.69, 9.17) is 0 Å². The summed E-state index contributed by atoms with van der Waals surface area (Å²) in [6.07, 6.45) is 0. The molecule has 2 N–H and O–H groups in total. The summed E-state index contributed by atoms with van der Waals surface area (Å²) in [6.45, 7) is 6.53. The Balaban J connectivity index is 2.27. The third kappa shape index (κ3) is 2.71. The number of nitrogens with zero attached hydrogens (tertiary/aromatic N) is 1. The molecule has 2 atom stereocenters. The smallest absolute Gasteiger partial charge is 0.325 e. The van der Waals surface area contributed by atoms with Crippen molar-refractivity contribution in [2.24, 2.45) is 0 Å². The number of hydrogen-bond donors (Lipinski definition) is 2. The van der Waals surface area contributed by atoms with Crippen LogP contribution in [0.25, 0.3) is 0 Å². The molecule has 2 rings (SSSR count). The second-order valence-electron chi connectivity index (χ2n) is 4.94. The SMILES string of the molecule is Cc1ccc(C(C(=O)O)N2CCNCC2C)cc1. The lowest BCUT2D eigenvalue weighted by Gasteiger charge is -2.38. The topological polar surface area (TPSA) is 52.6 Å². The molecule has 4 heteroatoms. The highest BCUT2D eigenvalue weighted by atomic mass is 16.4. The highest BCUT2D eigenvalue weighted by Gasteiger charge is 2.32. The molecule has 98 valence electrons. The lowest BCUT2D eigenvalue weighted by molar-refractivity contribution is -0.145. The first-order valence-corrected chi connectivity index (χ1v) is 6.35. The third-order valence-corrected chi connectivity index (χ3v) is 3.51. The van der Waals surface area contributed by atoms with Crippen molar-refractivity contribution in [2.75, 3.05) is 19.6 Å². The van der Waals surface area contributed by atoms with Crippen LogP contribution in [-0.4, -0.2) is 41.7 Å². The van der Waals surface area contributed by atoms with Crippen LogP contribution in [-0.2, 0) is 4.79 Å². The fourth-order valence-electron chi connectivity index (χ4n) is 2.46. The average molecular weight is 248 g/mol. The van der Waals surface area contributed by atoms with Crippen LogP contribution in [0.3, 0.4) is 0 Å². The van der Waals surface area contributed by atoms with Crippen LogP contribution in [0.2, 0.25) is 0 Å². The van der Waals surface area contributed by atoms with Gasteiger partial charge < -0.3 is 10.4 Å². The first-order chi connectivity index (χ1) is 8.59. The van der Waals surface area contributed by atoms with E-state index in [2.05, 4.69) is 17.1 Å². The van der Waals surface area contributed by atoms with E-state index in [-0.39, 0.29) is 6.04 Å². The lowest BCUT2D eigenvalue weighted by Crippen LogP contribution is -2.52. The maximum atomic E-state index is 11.6. The monoisotopic (exact) mass is 248 g/mol. The Bertz CT molecular complexity index is 416. The Hall–Kier alpha value is -1.39. The van der Waals surface area contributed by atoms with Crippen LogP contribution in [0, 0.1) is 6.92 Å². The molecule has 1 saturated heterocycles. The van der Waals surface area contributed by atoms with E-state index >= 15 is 0 Å². The molecule has 0 bridgehead atoms. The fraction of sp³-hybridized carbons (Fsp3) is 0.500. The molecule has 0 spiro atoms. The molecular formula is C14H20N2O2. The van der Waals surface area contributed by atoms with E-state index < -0.39 is 12.0 Å². The summed E-state index contributed by atoms with van der Waals surface area (Å²) in [5, 5.41) is 12.8. The predicted octanol–water partition coefficient (Wildman–Crippen LogP) is 1.41. The number of nitrogens with one attached hydrogen (secondary N) is 1. The molecular weight excluding hydrogens is 228 g/mol. The maximum absolute atomic E-state index is 11.6. The van der Waals surface area contributed by atoms with E-state index in [1.807, 2.05) is 31.2 Å². The van der Waals surface area contributed by atoms with E-state index in [1.54, 1.807) is 0 Å². The van der Waals surface area contributed by atoms with E-state index in [1.165, 1.54) is 0 Å². The highest BCUT2D eigenvalue weighted by molar-refractivity contribution is 5.75. The zero-order chi connectivity index (χ0) is 13.1. The van der Waals surface area contributed by atoms with E-state index in [0.717, 1.165) is 30.8 Å². The van der Waals surface area contributed by atoms with Gasteiger partial charge in [-0.1, -0.05) is 29.8 Å². The van der Waals surface area contributed by atoms with Gasteiger partial charge in [0.25, 0.3) is 0 Å². The number of hydrogen-bond acceptors (Lipinski definition) is 3. The molecule has 0 saturated carbocycles. The quantitative estimate of drug-likeness (QED) is 0.849. The summed E-state index contributed by atoms with van der Waals surface area (Å²) >= 11 is 0. The van der Waals surface area contributed by atoms with Crippen LogP contribution < -0.4 is 5.32 Å². The van der Waals surface area contributed by atoms with Gasteiger partial charge in [-0.3, -0.25) is 9.69 Å². The summed E-state index contributed by atoms with van der Waals surface area (Å²) in [6, 6.07) is 7.48. The van der Waals surface area contributed by atoms with Crippen molar-refractivity contribution in [3.63, 3.8) is 0 Å². The molecule has 0 aromatic heterocycles. The standard InChI is InChI=1S/C14H20N2O2/c1-10-3-5-12(6-4-10)13(14(17)18)16-8-7-15-9-11(16)2/h3-6,11,13,15H,7-9H2,1-2H3,(H,17,18). The maximum Gasteiger partial charge on any atom is 0.325 e. The van der Waals surface area contributed by atoms with Crippen molar-refractivity contribution < 1.29 is 9.90 Å². The molecule has 18 heavy (non-hydrogen) atoms. The minimum Gasteiger partial charge on any atom is -0.480 e. The number of carboxylic acid groups (broad SMARTS) is 1. The molecule has 0 aliphatic carbocycles. The second kappa shape index (κ2) is 5.50. The Labute approximate surface area is 108 Å². The molecule has 0 radical (unpaired) electrons. The van der Waals surface area contributed by atoms with Crippen LogP contribution in [0.1, 0.15) is 24.1 Å². The molecule has 1 aromatic rings. The van der Waals surface area contributed by atoms with E-state index in [9.17, 15) is 9.90 Å². The Morgan fingerprint density at radius 3 is 2.67 bits per heavy atom. The summed E-state index contributed by atoms with van der Waals surface area (Å²) in [5.41, 5.74) is 2.01. The molecule has 1 aliphatic rings. The van der Waals surface area contributed by atoms with Gasteiger partial charge >= 0.3 is 5.97 Å². The third-order valence-electron chi connectivity index (χ3n) is 3.51. The number of carboxylic acids is 1. The van der Waals surface area contributed by atoms with Gasteiger partial charge in [0.15, 0.2) is 0 Å². The van der Waals surface area contributed by atoms with Gasteiger partial charge in [-0.05, 0) is 19.4 Å². The van der Waals surface area contributed by atoms with Crippen molar-refractivity contribution in [3.8, 4) is 0 Å². The number of aliphatic carboxylic acids is 1. The van der Waals surface area contributed by atoms with Gasteiger partial charge in [0.05, 0.1) is 0 Å². The van der Waals surface area contributed by atoms with Gasteiger partial charge in [-0.25, -0.2) is 0 Å².